The van der Waals surface area contributed by atoms with E-state index in [1.165, 1.54) is 38.5 Å². The summed E-state index contributed by atoms with van der Waals surface area (Å²) in [5.41, 5.74) is 0.895. The number of hydrogen-bond acceptors (Lipinski definition) is 4. The molecule has 2 N–H and O–H groups in total. The summed E-state index contributed by atoms with van der Waals surface area (Å²) in [5, 5.41) is 2.61. The van der Waals surface area contributed by atoms with Crippen LogP contribution >= 0.6 is 0 Å². The van der Waals surface area contributed by atoms with E-state index in [0.29, 0.717) is 11.3 Å². The number of amides is 1. The summed E-state index contributed by atoms with van der Waals surface area (Å²) in [5.74, 6) is -0.446. The van der Waals surface area contributed by atoms with Crippen molar-refractivity contribution in [1.29, 1.82) is 0 Å². The molecule has 0 atom stereocenters. The number of hydrogen-bond donors (Lipinski definition) is 2. The van der Waals surface area contributed by atoms with Crippen LogP contribution in [0.25, 0.3) is 0 Å². The van der Waals surface area contributed by atoms with Crippen LogP contribution < -0.4 is 10.9 Å². The molecule has 0 aliphatic rings. The highest BCUT2D eigenvalue weighted by Gasteiger charge is 2.20. The third-order valence-corrected chi connectivity index (χ3v) is 5.21. The number of aromatic amines is 1. The summed E-state index contributed by atoms with van der Waals surface area (Å²) in [6.45, 7) is 1.68. The molecule has 1 aromatic carbocycles. The van der Waals surface area contributed by atoms with Crippen molar-refractivity contribution < 1.29 is 13.2 Å². The monoisotopic (exact) mass is 335 g/mol. The number of nitrogens with one attached hydrogen (secondary N) is 2. The summed E-state index contributed by atoms with van der Waals surface area (Å²) >= 11 is 0. The number of pyridine rings is 1. The van der Waals surface area contributed by atoms with E-state index in [4.69, 9.17) is 0 Å². The molecule has 8 heteroatoms. The van der Waals surface area contributed by atoms with Crippen molar-refractivity contribution in [3.63, 3.8) is 0 Å². The number of anilines is 1. The van der Waals surface area contributed by atoms with Crippen molar-refractivity contribution in [1.82, 2.24) is 9.29 Å². The molecule has 1 amide bonds. The number of carbonyl (C=O) groups excluding carboxylic acids is 1. The zero-order valence-electron chi connectivity index (χ0n) is 13.0. The van der Waals surface area contributed by atoms with Crippen molar-refractivity contribution in [3.8, 4) is 0 Å². The Kier molecular flexibility index (Phi) is 4.67. The van der Waals surface area contributed by atoms with Gasteiger partial charge in [-0.25, -0.2) is 12.7 Å². The van der Waals surface area contributed by atoms with Crippen LogP contribution in [0.2, 0.25) is 0 Å². The van der Waals surface area contributed by atoms with Crippen molar-refractivity contribution >= 4 is 21.6 Å². The number of aryl methyl sites for hydroxylation is 1. The fourth-order valence-electron chi connectivity index (χ4n) is 1.91. The Balaban J connectivity index is 2.33. The fourth-order valence-corrected chi connectivity index (χ4v) is 3.05. The van der Waals surface area contributed by atoms with E-state index in [-0.39, 0.29) is 16.0 Å². The first-order valence-corrected chi connectivity index (χ1v) is 8.19. The molecule has 1 aromatic heterocycles. The zero-order valence-corrected chi connectivity index (χ0v) is 13.8. The van der Waals surface area contributed by atoms with Crippen LogP contribution in [-0.2, 0) is 10.0 Å². The molecule has 0 radical (unpaired) electrons. The van der Waals surface area contributed by atoms with E-state index in [0.717, 1.165) is 4.31 Å². The Morgan fingerprint density at radius 2 is 1.87 bits per heavy atom. The average molecular weight is 335 g/mol. The lowest BCUT2D eigenvalue weighted by atomic mass is 10.2. The SMILES string of the molecule is Cc1ccc(NC(=O)c2ccc(=O)[nH]c2)cc1S(=O)(=O)N(C)C. The number of carbonyl (C=O) groups is 1. The molecule has 2 rings (SSSR count). The molecule has 23 heavy (non-hydrogen) atoms. The number of rotatable bonds is 4. The lowest BCUT2D eigenvalue weighted by Gasteiger charge is -2.15. The van der Waals surface area contributed by atoms with E-state index >= 15 is 0 Å². The van der Waals surface area contributed by atoms with E-state index in [2.05, 4.69) is 10.3 Å². The van der Waals surface area contributed by atoms with Crippen LogP contribution in [0.5, 0.6) is 0 Å². The van der Waals surface area contributed by atoms with Gasteiger partial charge < -0.3 is 10.3 Å². The highest BCUT2D eigenvalue weighted by Crippen LogP contribution is 2.22. The number of nitrogens with zero attached hydrogens (tertiary/aromatic N) is 1. The third-order valence-electron chi connectivity index (χ3n) is 3.25. The summed E-state index contributed by atoms with van der Waals surface area (Å²) in [6.07, 6.45) is 1.29. The van der Waals surface area contributed by atoms with Crippen LogP contribution in [0.3, 0.4) is 0 Å². The van der Waals surface area contributed by atoms with Crippen molar-refractivity contribution in [3.05, 3.63) is 58.0 Å². The molecule has 0 saturated heterocycles. The Morgan fingerprint density at radius 1 is 1.17 bits per heavy atom. The minimum atomic E-state index is -3.60. The predicted octanol–water partition coefficient (Wildman–Crippen LogP) is 1.19. The van der Waals surface area contributed by atoms with E-state index < -0.39 is 15.9 Å². The minimum absolute atomic E-state index is 0.127. The fraction of sp³-hybridized carbons (Fsp3) is 0.200. The van der Waals surface area contributed by atoms with Gasteiger partial charge >= 0.3 is 0 Å². The maximum atomic E-state index is 12.3. The molecule has 1 heterocycles. The van der Waals surface area contributed by atoms with Gasteiger partial charge in [-0.15, -0.1) is 0 Å². The second kappa shape index (κ2) is 6.35. The molecule has 0 aliphatic heterocycles. The van der Waals surface area contributed by atoms with Crippen LogP contribution in [0, 0.1) is 6.92 Å². The molecule has 0 aliphatic carbocycles. The van der Waals surface area contributed by atoms with Crippen molar-refractivity contribution in [2.45, 2.75) is 11.8 Å². The molecule has 2 aromatic rings. The van der Waals surface area contributed by atoms with Crippen LogP contribution in [-0.4, -0.2) is 37.7 Å². The molecular weight excluding hydrogens is 318 g/mol. The van der Waals surface area contributed by atoms with E-state index in [9.17, 15) is 18.0 Å². The van der Waals surface area contributed by atoms with E-state index in [1.807, 2.05) is 0 Å². The number of sulfonamides is 1. The minimum Gasteiger partial charge on any atom is -0.328 e. The maximum Gasteiger partial charge on any atom is 0.257 e. The standard InChI is InChI=1S/C15H17N3O4S/c1-10-4-6-12(8-13(10)23(21,22)18(2)3)17-15(20)11-5-7-14(19)16-9-11/h4-9H,1-3H3,(H,16,19)(H,17,20). The first-order valence-electron chi connectivity index (χ1n) is 6.75. The largest absolute Gasteiger partial charge is 0.328 e. The number of H-pyrrole nitrogens is 1. The van der Waals surface area contributed by atoms with Gasteiger partial charge in [-0.2, -0.15) is 0 Å². The smallest absolute Gasteiger partial charge is 0.257 e. The Labute approximate surface area is 134 Å². The van der Waals surface area contributed by atoms with Crippen molar-refractivity contribution in [2.75, 3.05) is 19.4 Å². The highest BCUT2D eigenvalue weighted by atomic mass is 32.2. The average Bonchev–Trinajstić information content (AvgIpc) is 2.49. The topological polar surface area (TPSA) is 99.3 Å². The Bertz CT molecular complexity index is 881. The molecule has 0 spiro atoms. The maximum absolute atomic E-state index is 12.3. The lowest BCUT2D eigenvalue weighted by Crippen LogP contribution is -2.23. The van der Waals surface area contributed by atoms with Gasteiger partial charge in [-0.3, -0.25) is 9.59 Å². The van der Waals surface area contributed by atoms with Crippen LogP contribution in [0.1, 0.15) is 15.9 Å². The van der Waals surface area contributed by atoms with Gasteiger partial charge in [-0.05, 0) is 30.7 Å². The first-order chi connectivity index (χ1) is 10.7. The Hall–Kier alpha value is -2.45. The molecular formula is C15H17N3O4S. The first kappa shape index (κ1) is 16.9. The third kappa shape index (κ3) is 3.66. The second-order valence-electron chi connectivity index (χ2n) is 5.16. The van der Waals surface area contributed by atoms with Gasteiger partial charge in [0.05, 0.1) is 10.5 Å². The number of aromatic nitrogens is 1. The molecule has 0 saturated carbocycles. The summed E-state index contributed by atoms with van der Waals surface area (Å²) in [4.78, 5) is 25.6. The Morgan fingerprint density at radius 3 is 2.43 bits per heavy atom. The lowest BCUT2D eigenvalue weighted by molar-refractivity contribution is 0.102. The van der Waals surface area contributed by atoms with Crippen molar-refractivity contribution in [2.24, 2.45) is 0 Å². The molecule has 0 fully saturated rings. The van der Waals surface area contributed by atoms with E-state index in [1.54, 1.807) is 19.1 Å². The van der Waals surface area contributed by atoms with Gasteiger partial charge in [0.15, 0.2) is 0 Å². The second-order valence-corrected chi connectivity index (χ2v) is 7.28. The number of benzene rings is 1. The van der Waals surface area contributed by atoms with Gasteiger partial charge in [0.25, 0.3) is 5.91 Å². The normalized spacial score (nSPS) is 11.5. The van der Waals surface area contributed by atoms with Crippen LogP contribution in [0.15, 0.2) is 46.2 Å². The molecule has 0 unspecified atom stereocenters. The molecule has 122 valence electrons. The predicted molar refractivity (Wildman–Crippen MR) is 87.1 cm³/mol. The summed E-state index contributed by atoms with van der Waals surface area (Å²) in [6, 6.07) is 7.28. The quantitative estimate of drug-likeness (QED) is 0.876. The molecule has 0 bridgehead atoms. The molecule has 7 nitrogen and oxygen atoms in total. The van der Waals surface area contributed by atoms with Gasteiger partial charge in [0.1, 0.15) is 0 Å². The summed E-state index contributed by atoms with van der Waals surface area (Å²) in [7, 11) is -0.712. The van der Waals surface area contributed by atoms with Gasteiger partial charge in [0, 0.05) is 32.0 Å². The highest BCUT2D eigenvalue weighted by molar-refractivity contribution is 7.89. The van der Waals surface area contributed by atoms with Gasteiger partial charge in [-0.1, -0.05) is 6.07 Å². The van der Waals surface area contributed by atoms with Gasteiger partial charge in [0.2, 0.25) is 15.6 Å². The van der Waals surface area contributed by atoms with Crippen LogP contribution in [0.4, 0.5) is 5.69 Å². The zero-order chi connectivity index (χ0) is 17.2. The summed E-state index contributed by atoms with van der Waals surface area (Å²) < 4.78 is 25.7.